The Kier molecular flexibility index (Phi) is 3.50. The van der Waals surface area contributed by atoms with Gasteiger partial charge in [0.05, 0.1) is 0 Å². The van der Waals surface area contributed by atoms with Gasteiger partial charge < -0.3 is 4.74 Å². The van der Waals surface area contributed by atoms with Gasteiger partial charge in [0.1, 0.15) is 22.8 Å². The van der Waals surface area contributed by atoms with Crippen molar-refractivity contribution in [3.63, 3.8) is 0 Å². The van der Waals surface area contributed by atoms with Crippen molar-refractivity contribution in [2.75, 3.05) is 0 Å². The van der Waals surface area contributed by atoms with E-state index >= 15 is 0 Å². The van der Waals surface area contributed by atoms with Crippen LogP contribution in [0.15, 0.2) is 72.9 Å². The van der Waals surface area contributed by atoms with E-state index in [1.54, 1.807) is 12.4 Å². The molecule has 4 rings (SSSR count). The van der Waals surface area contributed by atoms with Gasteiger partial charge >= 0.3 is 0 Å². The van der Waals surface area contributed by atoms with E-state index in [0.717, 1.165) is 39.0 Å². The SMILES string of the molecule is C/C=C\C(=C/C)Oc1ccc2c3cccnc3n3ccnc3c2c1. The van der Waals surface area contributed by atoms with Gasteiger partial charge in [-0.05, 0) is 61.7 Å². The molecule has 3 heterocycles. The van der Waals surface area contributed by atoms with Crippen LogP contribution in [-0.2, 0) is 0 Å². The third-order valence-corrected chi connectivity index (χ3v) is 4.03. The molecule has 0 spiro atoms. The minimum atomic E-state index is 0.793. The number of pyridine rings is 2. The van der Waals surface area contributed by atoms with Crippen LogP contribution in [0.2, 0.25) is 0 Å². The van der Waals surface area contributed by atoms with Crippen LogP contribution < -0.4 is 4.74 Å². The first-order chi connectivity index (χ1) is 11.8. The summed E-state index contributed by atoms with van der Waals surface area (Å²) >= 11 is 0. The number of hydrogen-bond acceptors (Lipinski definition) is 3. The number of fused-ring (bicyclic) bond motifs is 6. The number of benzene rings is 1. The topological polar surface area (TPSA) is 39.4 Å². The van der Waals surface area contributed by atoms with Gasteiger partial charge in [-0.1, -0.05) is 6.08 Å². The Balaban J connectivity index is 1.98. The molecule has 1 aromatic carbocycles. The quantitative estimate of drug-likeness (QED) is 0.307. The van der Waals surface area contributed by atoms with E-state index in [0.29, 0.717) is 0 Å². The van der Waals surface area contributed by atoms with Crippen LogP contribution in [0.3, 0.4) is 0 Å². The lowest BCUT2D eigenvalue weighted by Gasteiger charge is -2.10. The summed E-state index contributed by atoms with van der Waals surface area (Å²) in [4.78, 5) is 9.03. The molecule has 0 saturated heterocycles. The van der Waals surface area contributed by atoms with Crippen LogP contribution in [0.25, 0.3) is 27.5 Å². The summed E-state index contributed by atoms with van der Waals surface area (Å²) in [5.74, 6) is 1.61. The van der Waals surface area contributed by atoms with Crippen molar-refractivity contribution >= 4 is 27.5 Å². The summed E-state index contributed by atoms with van der Waals surface area (Å²) in [5.41, 5.74) is 1.80. The fourth-order valence-corrected chi connectivity index (χ4v) is 2.97. The molecule has 0 atom stereocenters. The maximum atomic E-state index is 5.97. The van der Waals surface area contributed by atoms with Crippen molar-refractivity contribution in [3.05, 3.63) is 72.9 Å². The Bertz CT molecular complexity index is 1110. The van der Waals surface area contributed by atoms with Gasteiger partial charge in [-0.15, -0.1) is 0 Å². The molecule has 0 fully saturated rings. The molecular weight excluding hydrogens is 298 g/mol. The molecular formula is C20H17N3O. The van der Waals surface area contributed by atoms with Gasteiger partial charge in [-0.25, -0.2) is 9.97 Å². The van der Waals surface area contributed by atoms with Gasteiger partial charge in [0, 0.05) is 29.4 Å². The molecule has 0 aliphatic rings. The number of hydrogen-bond donors (Lipinski definition) is 0. The van der Waals surface area contributed by atoms with Crippen LogP contribution >= 0.6 is 0 Å². The van der Waals surface area contributed by atoms with E-state index in [2.05, 4.69) is 22.1 Å². The van der Waals surface area contributed by atoms with E-state index in [1.165, 1.54) is 0 Å². The Labute approximate surface area is 139 Å². The second-order valence-electron chi connectivity index (χ2n) is 5.50. The lowest BCUT2D eigenvalue weighted by molar-refractivity contribution is 0.444. The minimum Gasteiger partial charge on any atom is -0.458 e. The molecule has 24 heavy (non-hydrogen) atoms. The van der Waals surface area contributed by atoms with E-state index < -0.39 is 0 Å². The van der Waals surface area contributed by atoms with Crippen molar-refractivity contribution in [2.24, 2.45) is 0 Å². The van der Waals surface area contributed by atoms with Crippen molar-refractivity contribution in [1.29, 1.82) is 0 Å². The van der Waals surface area contributed by atoms with E-state index in [9.17, 15) is 0 Å². The normalized spacial score (nSPS) is 12.7. The highest BCUT2D eigenvalue weighted by Gasteiger charge is 2.11. The predicted molar refractivity (Wildman–Crippen MR) is 97.2 cm³/mol. The van der Waals surface area contributed by atoms with Crippen LogP contribution in [-0.4, -0.2) is 14.4 Å². The minimum absolute atomic E-state index is 0.793. The maximum Gasteiger partial charge on any atom is 0.146 e. The summed E-state index contributed by atoms with van der Waals surface area (Å²) in [6, 6.07) is 10.1. The van der Waals surface area contributed by atoms with Crippen molar-refractivity contribution in [3.8, 4) is 5.75 Å². The zero-order chi connectivity index (χ0) is 16.5. The fourth-order valence-electron chi connectivity index (χ4n) is 2.97. The number of imidazole rings is 1. The van der Waals surface area contributed by atoms with Gasteiger partial charge in [-0.3, -0.25) is 4.40 Å². The predicted octanol–water partition coefficient (Wildman–Crippen LogP) is 4.89. The van der Waals surface area contributed by atoms with Crippen LogP contribution in [0.5, 0.6) is 5.75 Å². The molecule has 4 aromatic rings. The molecule has 0 saturated carbocycles. The van der Waals surface area contributed by atoms with Gasteiger partial charge in [0.15, 0.2) is 0 Å². The highest BCUT2D eigenvalue weighted by Crippen LogP contribution is 2.31. The molecule has 4 heteroatoms. The van der Waals surface area contributed by atoms with E-state index in [4.69, 9.17) is 4.74 Å². The fraction of sp³-hybridized carbons (Fsp3) is 0.100. The number of nitrogens with zero attached hydrogens (tertiary/aromatic N) is 3. The lowest BCUT2D eigenvalue weighted by atomic mass is 10.1. The first-order valence-corrected chi connectivity index (χ1v) is 7.92. The molecule has 0 N–H and O–H groups in total. The van der Waals surface area contributed by atoms with Gasteiger partial charge in [-0.2, -0.15) is 0 Å². The zero-order valence-electron chi connectivity index (χ0n) is 13.6. The van der Waals surface area contributed by atoms with Crippen molar-refractivity contribution in [2.45, 2.75) is 13.8 Å². The van der Waals surface area contributed by atoms with Gasteiger partial charge in [0.2, 0.25) is 0 Å². The smallest absolute Gasteiger partial charge is 0.146 e. The largest absolute Gasteiger partial charge is 0.458 e. The Morgan fingerprint density at radius 1 is 1.00 bits per heavy atom. The lowest BCUT2D eigenvalue weighted by Crippen LogP contribution is -1.95. The Morgan fingerprint density at radius 3 is 2.67 bits per heavy atom. The standard InChI is InChI=1S/C20H17N3O/c1-3-6-14(4-2)24-15-8-9-16-17-7-5-10-21-19(17)23-12-11-22-20(23)18(16)13-15/h3-13H,1-2H3/b6-3-,14-4+. The van der Waals surface area contributed by atoms with Crippen LogP contribution in [0.4, 0.5) is 0 Å². The number of rotatable bonds is 3. The molecule has 0 aliphatic carbocycles. The molecule has 0 unspecified atom stereocenters. The second-order valence-corrected chi connectivity index (χ2v) is 5.50. The third-order valence-electron chi connectivity index (χ3n) is 4.03. The second kappa shape index (κ2) is 5.81. The van der Waals surface area contributed by atoms with E-state index in [-0.39, 0.29) is 0 Å². The first kappa shape index (κ1) is 14.5. The van der Waals surface area contributed by atoms with Crippen LogP contribution in [0, 0.1) is 0 Å². The summed E-state index contributed by atoms with van der Waals surface area (Å²) < 4.78 is 7.99. The van der Waals surface area contributed by atoms with Crippen LogP contribution in [0.1, 0.15) is 13.8 Å². The van der Waals surface area contributed by atoms with Crippen molar-refractivity contribution in [1.82, 2.24) is 14.4 Å². The molecule has 0 radical (unpaired) electrons. The van der Waals surface area contributed by atoms with Crippen molar-refractivity contribution < 1.29 is 4.74 Å². The molecule has 4 nitrogen and oxygen atoms in total. The Morgan fingerprint density at radius 2 is 1.83 bits per heavy atom. The number of aromatic nitrogens is 3. The number of allylic oxidation sites excluding steroid dienone is 3. The number of ether oxygens (including phenoxy) is 1. The summed E-state index contributed by atoms with van der Waals surface area (Å²) in [7, 11) is 0. The average Bonchev–Trinajstić information content (AvgIpc) is 3.11. The molecule has 3 aromatic heterocycles. The average molecular weight is 315 g/mol. The maximum absolute atomic E-state index is 5.97. The summed E-state index contributed by atoms with van der Waals surface area (Å²) in [6.07, 6.45) is 11.4. The molecule has 118 valence electrons. The first-order valence-electron chi connectivity index (χ1n) is 7.92. The van der Waals surface area contributed by atoms with E-state index in [1.807, 2.05) is 60.9 Å². The summed E-state index contributed by atoms with van der Waals surface area (Å²) in [6.45, 7) is 3.93. The Hall–Kier alpha value is -3.14. The highest BCUT2D eigenvalue weighted by atomic mass is 16.5. The molecule has 0 bridgehead atoms. The summed E-state index contributed by atoms with van der Waals surface area (Å²) in [5, 5.41) is 3.27. The highest BCUT2D eigenvalue weighted by molar-refractivity contribution is 6.11. The monoisotopic (exact) mass is 315 g/mol. The van der Waals surface area contributed by atoms with Gasteiger partial charge in [0.25, 0.3) is 0 Å². The molecule has 0 aliphatic heterocycles. The zero-order valence-corrected chi connectivity index (χ0v) is 13.6. The molecule has 0 amide bonds. The third kappa shape index (κ3) is 2.24.